The average molecular weight is 315 g/mol. The van der Waals surface area contributed by atoms with Crippen LogP contribution in [0.5, 0.6) is 5.75 Å². The Balaban J connectivity index is 1.80. The van der Waals surface area contributed by atoms with E-state index in [1.165, 1.54) is 17.7 Å². The van der Waals surface area contributed by atoms with E-state index in [1.807, 2.05) is 5.38 Å². The van der Waals surface area contributed by atoms with E-state index < -0.39 is 6.36 Å². The van der Waals surface area contributed by atoms with E-state index in [1.54, 1.807) is 23.5 Å². The highest BCUT2D eigenvalue weighted by Crippen LogP contribution is 2.22. The third kappa shape index (κ3) is 5.77. The lowest BCUT2D eigenvalue weighted by Crippen LogP contribution is -2.27. The molecule has 1 aromatic heterocycles. The topological polar surface area (TPSA) is 21.3 Å². The van der Waals surface area contributed by atoms with Crippen molar-refractivity contribution in [1.82, 2.24) is 5.32 Å². The Morgan fingerprint density at radius 3 is 2.43 bits per heavy atom. The molecule has 0 saturated heterocycles. The molecule has 1 heterocycles. The van der Waals surface area contributed by atoms with Gasteiger partial charge in [0.05, 0.1) is 0 Å². The first kappa shape index (κ1) is 15.9. The van der Waals surface area contributed by atoms with Gasteiger partial charge in [0.2, 0.25) is 0 Å². The molecular weight excluding hydrogens is 299 g/mol. The van der Waals surface area contributed by atoms with Gasteiger partial charge in [0.1, 0.15) is 5.75 Å². The van der Waals surface area contributed by atoms with Crippen LogP contribution in [-0.4, -0.2) is 12.4 Å². The normalized spacial score (nSPS) is 13.1. The number of hydrogen-bond acceptors (Lipinski definition) is 3. The standard InChI is InChI=1S/C15H16F3NOS/c1-11(8-13-6-7-21-10-13)19-9-12-2-4-14(5-3-12)20-15(16,17)18/h2-7,10-11,19H,8-9H2,1H3. The van der Waals surface area contributed by atoms with Crippen LogP contribution in [0, 0.1) is 0 Å². The van der Waals surface area contributed by atoms with Crippen LogP contribution < -0.4 is 10.1 Å². The average Bonchev–Trinajstić information content (AvgIpc) is 2.89. The van der Waals surface area contributed by atoms with Crippen LogP contribution in [-0.2, 0) is 13.0 Å². The molecule has 0 bridgehead atoms. The van der Waals surface area contributed by atoms with Gasteiger partial charge in [-0.25, -0.2) is 0 Å². The van der Waals surface area contributed by atoms with Gasteiger partial charge >= 0.3 is 6.36 Å². The molecule has 114 valence electrons. The van der Waals surface area contributed by atoms with Crippen molar-refractivity contribution >= 4 is 11.3 Å². The first-order chi connectivity index (χ1) is 9.92. The van der Waals surface area contributed by atoms with Gasteiger partial charge in [-0.15, -0.1) is 13.2 Å². The van der Waals surface area contributed by atoms with Crippen LogP contribution in [0.3, 0.4) is 0 Å². The Bertz CT molecular complexity index is 537. The van der Waals surface area contributed by atoms with Crippen molar-refractivity contribution in [2.75, 3.05) is 0 Å². The molecule has 0 radical (unpaired) electrons. The Morgan fingerprint density at radius 2 is 1.86 bits per heavy atom. The summed E-state index contributed by atoms with van der Waals surface area (Å²) in [7, 11) is 0. The fraction of sp³-hybridized carbons (Fsp3) is 0.333. The maximum atomic E-state index is 12.0. The number of ether oxygens (including phenoxy) is 1. The summed E-state index contributed by atoms with van der Waals surface area (Å²) >= 11 is 1.67. The van der Waals surface area contributed by atoms with Gasteiger partial charge in [-0.05, 0) is 53.4 Å². The number of rotatable bonds is 6. The van der Waals surface area contributed by atoms with Gasteiger partial charge in [-0.3, -0.25) is 0 Å². The van der Waals surface area contributed by atoms with Crippen LogP contribution in [0.15, 0.2) is 41.1 Å². The molecule has 2 nitrogen and oxygen atoms in total. The Morgan fingerprint density at radius 1 is 1.14 bits per heavy atom. The summed E-state index contributed by atoms with van der Waals surface area (Å²) in [5.41, 5.74) is 2.20. The molecule has 0 aliphatic rings. The molecule has 21 heavy (non-hydrogen) atoms. The minimum atomic E-state index is -4.64. The molecular formula is C15H16F3NOS. The molecule has 1 unspecified atom stereocenters. The lowest BCUT2D eigenvalue weighted by molar-refractivity contribution is -0.274. The minimum Gasteiger partial charge on any atom is -0.406 e. The van der Waals surface area contributed by atoms with E-state index in [4.69, 9.17) is 0 Å². The third-order valence-electron chi connectivity index (χ3n) is 2.93. The molecule has 0 amide bonds. The summed E-state index contributed by atoms with van der Waals surface area (Å²) in [6, 6.07) is 8.30. The number of benzene rings is 1. The Hall–Kier alpha value is -1.53. The van der Waals surface area contributed by atoms with Crippen molar-refractivity contribution in [3.05, 3.63) is 52.2 Å². The predicted octanol–water partition coefficient (Wildman–Crippen LogP) is 4.37. The first-order valence-corrected chi connectivity index (χ1v) is 7.46. The molecule has 2 aromatic rings. The lowest BCUT2D eigenvalue weighted by Gasteiger charge is -2.14. The fourth-order valence-corrected chi connectivity index (χ4v) is 2.62. The summed E-state index contributed by atoms with van der Waals surface area (Å²) in [5.74, 6) is -0.197. The lowest BCUT2D eigenvalue weighted by atomic mass is 10.1. The van der Waals surface area contributed by atoms with Gasteiger partial charge in [-0.2, -0.15) is 11.3 Å². The molecule has 0 aliphatic heterocycles. The molecule has 1 N–H and O–H groups in total. The minimum absolute atomic E-state index is 0.197. The molecule has 0 spiro atoms. The van der Waals surface area contributed by atoms with Gasteiger partial charge in [0.25, 0.3) is 0 Å². The van der Waals surface area contributed by atoms with E-state index in [0.717, 1.165) is 12.0 Å². The number of hydrogen-bond donors (Lipinski definition) is 1. The molecule has 0 aliphatic carbocycles. The van der Waals surface area contributed by atoms with E-state index in [0.29, 0.717) is 12.6 Å². The molecule has 0 fully saturated rings. The second-order valence-corrected chi connectivity index (χ2v) is 5.59. The van der Waals surface area contributed by atoms with Gasteiger partial charge in [0.15, 0.2) is 0 Å². The van der Waals surface area contributed by atoms with Gasteiger partial charge in [-0.1, -0.05) is 12.1 Å². The van der Waals surface area contributed by atoms with Crippen LogP contribution in [0.2, 0.25) is 0 Å². The summed E-state index contributed by atoms with van der Waals surface area (Å²) in [6.07, 6.45) is -3.71. The Labute approximate surface area is 125 Å². The van der Waals surface area contributed by atoms with E-state index in [-0.39, 0.29) is 5.75 Å². The number of thiophene rings is 1. The zero-order chi connectivity index (χ0) is 15.3. The van der Waals surface area contributed by atoms with E-state index >= 15 is 0 Å². The highest BCUT2D eigenvalue weighted by molar-refractivity contribution is 7.07. The van der Waals surface area contributed by atoms with Crippen LogP contribution >= 0.6 is 11.3 Å². The van der Waals surface area contributed by atoms with Crippen molar-refractivity contribution in [3.8, 4) is 5.75 Å². The van der Waals surface area contributed by atoms with Crippen molar-refractivity contribution in [3.63, 3.8) is 0 Å². The van der Waals surface area contributed by atoms with Crippen LogP contribution in [0.4, 0.5) is 13.2 Å². The van der Waals surface area contributed by atoms with Gasteiger partial charge in [0, 0.05) is 12.6 Å². The molecule has 1 aromatic carbocycles. The van der Waals surface area contributed by atoms with Crippen molar-refractivity contribution in [2.24, 2.45) is 0 Å². The predicted molar refractivity (Wildman–Crippen MR) is 77.4 cm³/mol. The maximum Gasteiger partial charge on any atom is 0.573 e. The quantitative estimate of drug-likeness (QED) is 0.855. The molecule has 2 rings (SSSR count). The number of halogens is 3. The second kappa shape index (κ2) is 6.95. The smallest absolute Gasteiger partial charge is 0.406 e. The largest absolute Gasteiger partial charge is 0.573 e. The molecule has 0 saturated carbocycles. The highest BCUT2D eigenvalue weighted by Gasteiger charge is 2.30. The summed E-state index contributed by atoms with van der Waals surface area (Å²) in [5, 5.41) is 7.50. The van der Waals surface area contributed by atoms with E-state index in [2.05, 4.69) is 28.4 Å². The van der Waals surface area contributed by atoms with Crippen LogP contribution in [0.1, 0.15) is 18.1 Å². The Kier molecular flexibility index (Phi) is 5.25. The zero-order valence-corrected chi connectivity index (χ0v) is 12.3. The molecule has 6 heteroatoms. The summed E-state index contributed by atoms with van der Waals surface area (Å²) in [6.45, 7) is 2.69. The fourth-order valence-electron chi connectivity index (χ4n) is 1.94. The van der Waals surface area contributed by atoms with Crippen molar-refractivity contribution in [1.29, 1.82) is 0 Å². The SMILES string of the molecule is CC(Cc1ccsc1)NCc1ccc(OC(F)(F)F)cc1. The third-order valence-corrected chi connectivity index (χ3v) is 3.67. The van der Waals surface area contributed by atoms with Crippen molar-refractivity contribution < 1.29 is 17.9 Å². The number of alkyl halides is 3. The second-order valence-electron chi connectivity index (χ2n) is 4.81. The van der Waals surface area contributed by atoms with Gasteiger partial charge < -0.3 is 10.1 Å². The van der Waals surface area contributed by atoms with Crippen LogP contribution in [0.25, 0.3) is 0 Å². The first-order valence-electron chi connectivity index (χ1n) is 6.51. The summed E-state index contributed by atoms with van der Waals surface area (Å²) in [4.78, 5) is 0. The highest BCUT2D eigenvalue weighted by atomic mass is 32.1. The molecule has 1 atom stereocenters. The van der Waals surface area contributed by atoms with Crippen molar-refractivity contribution in [2.45, 2.75) is 32.3 Å². The monoisotopic (exact) mass is 315 g/mol. The maximum absolute atomic E-state index is 12.0. The zero-order valence-electron chi connectivity index (χ0n) is 11.5. The number of nitrogens with one attached hydrogen (secondary N) is 1. The summed E-state index contributed by atoms with van der Waals surface area (Å²) < 4.78 is 40.0. The van der Waals surface area contributed by atoms with E-state index in [9.17, 15) is 13.2 Å².